The largest absolute Gasteiger partial charge is 0.399 e. The number of nitrogens with one attached hydrogen (secondary N) is 1. The van der Waals surface area contributed by atoms with E-state index >= 15 is 0 Å². The summed E-state index contributed by atoms with van der Waals surface area (Å²) in [5.74, 6) is 0. The van der Waals surface area contributed by atoms with Crippen molar-refractivity contribution in [2.24, 2.45) is 0 Å². The van der Waals surface area contributed by atoms with E-state index in [1.54, 1.807) is 23.3 Å². The molecule has 0 spiro atoms. The van der Waals surface area contributed by atoms with Gasteiger partial charge < -0.3 is 10.3 Å². The van der Waals surface area contributed by atoms with Crippen LogP contribution in [-0.4, -0.2) is 24.5 Å². The van der Waals surface area contributed by atoms with E-state index in [4.69, 9.17) is 17.3 Å². The highest BCUT2D eigenvalue weighted by Crippen LogP contribution is 2.23. The molecule has 0 aliphatic heterocycles. The second-order valence-corrected chi connectivity index (χ2v) is 6.03. The molecule has 0 fully saturated rings. The molecule has 19 heavy (non-hydrogen) atoms. The minimum Gasteiger partial charge on any atom is -0.399 e. The number of benzene rings is 1. The lowest BCUT2D eigenvalue weighted by Crippen LogP contribution is -2.27. The number of aromatic nitrogens is 2. The van der Waals surface area contributed by atoms with E-state index in [1.165, 1.54) is 18.2 Å². The molecule has 1 aromatic carbocycles. The van der Waals surface area contributed by atoms with Gasteiger partial charge in [-0.1, -0.05) is 11.6 Å². The summed E-state index contributed by atoms with van der Waals surface area (Å²) in [6, 6.07) is 4.29. The molecule has 6 nitrogen and oxygen atoms in total. The first-order valence-electron chi connectivity index (χ1n) is 5.49. The predicted molar refractivity (Wildman–Crippen MR) is 73.3 cm³/mol. The number of rotatable bonds is 5. The molecule has 8 heteroatoms. The highest BCUT2D eigenvalue weighted by atomic mass is 35.5. The maximum atomic E-state index is 12.0. The first-order valence-corrected chi connectivity index (χ1v) is 7.35. The fourth-order valence-corrected chi connectivity index (χ4v) is 3.11. The van der Waals surface area contributed by atoms with Crippen molar-refractivity contribution in [2.75, 3.05) is 12.3 Å². The average molecular weight is 301 g/mol. The van der Waals surface area contributed by atoms with Gasteiger partial charge in [0.05, 0.1) is 11.3 Å². The molecule has 0 atom stereocenters. The van der Waals surface area contributed by atoms with Gasteiger partial charge in [0, 0.05) is 31.2 Å². The van der Waals surface area contributed by atoms with Crippen LogP contribution < -0.4 is 10.5 Å². The lowest BCUT2D eigenvalue weighted by atomic mass is 10.3. The number of anilines is 1. The van der Waals surface area contributed by atoms with Crippen LogP contribution in [0.1, 0.15) is 0 Å². The average Bonchev–Trinajstić information content (AvgIpc) is 2.81. The van der Waals surface area contributed by atoms with Crippen molar-refractivity contribution in [3.63, 3.8) is 0 Å². The molecular formula is C11H13ClN4O2S. The summed E-state index contributed by atoms with van der Waals surface area (Å²) < 4.78 is 28.3. The van der Waals surface area contributed by atoms with E-state index in [9.17, 15) is 8.42 Å². The summed E-state index contributed by atoms with van der Waals surface area (Å²) in [7, 11) is -3.63. The Labute approximate surface area is 116 Å². The smallest absolute Gasteiger partial charge is 0.242 e. The van der Waals surface area contributed by atoms with Gasteiger partial charge in [0.2, 0.25) is 10.0 Å². The van der Waals surface area contributed by atoms with Gasteiger partial charge in [0.1, 0.15) is 4.90 Å². The quantitative estimate of drug-likeness (QED) is 0.809. The molecule has 0 unspecified atom stereocenters. The molecular weight excluding hydrogens is 288 g/mol. The Kier molecular flexibility index (Phi) is 4.08. The second kappa shape index (κ2) is 5.60. The third kappa shape index (κ3) is 3.46. The van der Waals surface area contributed by atoms with Crippen LogP contribution in [-0.2, 0) is 16.6 Å². The lowest BCUT2D eigenvalue weighted by molar-refractivity contribution is 0.573. The molecule has 0 aliphatic carbocycles. The second-order valence-electron chi connectivity index (χ2n) is 3.89. The standard InChI is InChI=1S/C11H13ClN4O2S/c12-10-7-9(13)1-2-11(10)19(17,18)15-4-6-16-5-3-14-8-16/h1-3,5,7-8,15H,4,6,13H2. The maximum Gasteiger partial charge on any atom is 0.242 e. The van der Waals surface area contributed by atoms with Gasteiger partial charge in [0.25, 0.3) is 0 Å². The number of nitrogen functional groups attached to an aromatic ring is 1. The zero-order valence-corrected chi connectivity index (χ0v) is 11.5. The molecule has 2 rings (SSSR count). The molecule has 0 bridgehead atoms. The topological polar surface area (TPSA) is 90.0 Å². The first-order chi connectivity index (χ1) is 8.99. The Morgan fingerprint density at radius 3 is 2.84 bits per heavy atom. The number of hydrogen-bond acceptors (Lipinski definition) is 4. The van der Waals surface area contributed by atoms with Crippen LogP contribution in [0.4, 0.5) is 5.69 Å². The normalized spacial score (nSPS) is 11.6. The first kappa shape index (κ1) is 13.9. The SMILES string of the molecule is Nc1ccc(S(=O)(=O)NCCn2ccnc2)c(Cl)c1. The van der Waals surface area contributed by atoms with Gasteiger partial charge in [-0.3, -0.25) is 0 Å². The molecule has 1 aromatic heterocycles. The van der Waals surface area contributed by atoms with E-state index < -0.39 is 10.0 Å². The predicted octanol–water partition coefficient (Wildman–Crippen LogP) is 1.10. The molecule has 102 valence electrons. The van der Waals surface area contributed by atoms with Crippen LogP contribution in [0.25, 0.3) is 0 Å². The molecule has 2 aromatic rings. The van der Waals surface area contributed by atoms with Gasteiger partial charge in [-0.05, 0) is 18.2 Å². The summed E-state index contributed by atoms with van der Waals surface area (Å²) in [5.41, 5.74) is 5.94. The van der Waals surface area contributed by atoms with Crippen molar-refractivity contribution in [3.8, 4) is 0 Å². The van der Waals surface area contributed by atoms with Crippen molar-refractivity contribution < 1.29 is 8.42 Å². The number of halogens is 1. The Balaban J connectivity index is 2.05. The molecule has 1 heterocycles. The van der Waals surface area contributed by atoms with Gasteiger partial charge >= 0.3 is 0 Å². The molecule has 3 N–H and O–H groups in total. The minimum atomic E-state index is -3.63. The molecule has 0 amide bonds. The van der Waals surface area contributed by atoms with Crippen LogP contribution in [0.5, 0.6) is 0 Å². The molecule has 0 saturated carbocycles. The number of nitrogens with zero attached hydrogens (tertiary/aromatic N) is 2. The van der Waals surface area contributed by atoms with Crippen molar-refractivity contribution in [3.05, 3.63) is 41.9 Å². The monoisotopic (exact) mass is 300 g/mol. The Morgan fingerprint density at radius 2 is 2.21 bits per heavy atom. The van der Waals surface area contributed by atoms with Gasteiger partial charge in [-0.25, -0.2) is 18.1 Å². The zero-order valence-electron chi connectivity index (χ0n) is 9.95. The number of imidazole rings is 1. The maximum absolute atomic E-state index is 12.0. The summed E-state index contributed by atoms with van der Waals surface area (Å²) in [4.78, 5) is 3.89. The Morgan fingerprint density at radius 1 is 1.42 bits per heavy atom. The number of hydrogen-bond donors (Lipinski definition) is 2. The van der Waals surface area contributed by atoms with Crippen LogP contribution in [0.15, 0.2) is 41.8 Å². The zero-order chi connectivity index (χ0) is 13.9. The van der Waals surface area contributed by atoms with E-state index in [0.717, 1.165) is 0 Å². The molecule has 0 aliphatic rings. The molecule has 0 saturated heterocycles. The third-order valence-electron chi connectivity index (χ3n) is 2.47. The Bertz CT molecular complexity index is 655. The van der Waals surface area contributed by atoms with Crippen LogP contribution in [0.3, 0.4) is 0 Å². The Hall–Kier alpha value is -1.57. The minimum absolute atomic E-state index is 0.0222. The van der Waals surface area contributed by atoms with Gasteiger partial charge in [-0.15, -0.1) is 0 Å². The van der Waals surface area contributed by atoms with E-state index in [0.29, 0.717) is 12.2 Å². The van der Waals surface area contributed by atoms with Crippen molar-refractivity contribution in [1.29, 1.82) is 0 Å². The fraction of sp³-hybridized carbons (Fsp3) is 0.182. The van der Waals surface area contributed by atoms with Crippen molar-refractivity contribution in [2.45, 2.75) is 11.4 Å². The van der Waals surface area contributed by atoms with Gasteiger partial charge in [0.15, 0.2) is 0 Å². The van der Waals surface area contributed by atoms with Crippen LogP contribution in [0.2, 0.25) is 5.02 Å². The summed E-state index contributed by atoms with van der Waals surface area (Å²) in [6.45, 7) is 0.741. The van der Waals surface area contributed by atoms with Gasteiger partial charge in [-0.2, -0.15) is 0 Å². The van der Waals surface area contributed by atoms with E-state index in [1.807, 2.05) is 0 Å². The summed E-state index contributed by atoms with van der Waals surface area (Å²) in [5, 5.41) is 0.107. The van der Waals surface area contributed by atoms with Crippen molar-refractivity contribution >= 4 is 27.3 Å². The lowest BCUT2D eigenvalue weighted by Gasteiger charge is -2.09. The number of sulfonamides is 1. The highest BCUT2D eigenvalue weighted by molar-refractivity contribution is 7.89. The number of nitrogens with two attached hydrogens (primary N) is 1. The third-order valence-corrected chi connectivity index (χ3v) is 4.41. The molecule has 0 radical (unpaired) electrons. The van der Waals surface area contributed by atoms with E-state index in [-0.39, 0.29) is 16.5 Å². The van der Waals surface area contributed by atoms with Crippen molar-refractivity contribution in [1.82, 2.24) is 14.3 Å². The summed E-state index contributed by atoms with van der Waals surface area (Å²) in [6.07, 6.45) is 5.00. The van der Waals surface area contributed by atoms with E-state index in [2.05, 4.69) is 9.71 Å². The van der Waals surface area contributed by atoms with Crippen LogP contribution in [0, 0.1) is 0 Å². The highest BCUT2D eigenvalue weighted by Gasteiger charge is 2.17. The van der Waals surface area contributed by atoms with Crippen LogP contribution >= 0.6 is 11.6 Å². The fourth-order valence-electron chi connectivity index (χ4n) is 1.54. The summed E-state index contributed by atoms with van der Waals surface area (Å²) >= 11 is 5.88.